The van der Waals surface area contributed by atoms with Gasteiger partial charge in [-0.25, -0.2) is 0 Å². The van der Waals surface area contributed by atoms with Crippen LogP contribution in [0.4, 0.5) is 0 Å². The van der Waals surface area contributed by atoms with Crippen molar-refractivity contribution in [2.75, 3.05) is 0 Å². The average molecular weight is 1080 g/mol. The molecule has 0 heterocycles. The molecular formula is C85H62. The van der Waals surface area contributed by atoms with E-state index in [1.54, 1.807) is 0 Å². The first kappa shape index (κ1) is 49.7. The van der Waals surface area contributed by atoms with Crippen molar-refractivity contribution in [1.82, 2.24) is 0 Å². The Bertz CT molecular complexity index is 4860. The van der Waals surface area contributed by atoms with Crippen LogP contribution in [0, 0.1) is 0 Å². The van der Waals surface area contributed by atoms with Crippen LogP contribution in [0.5, 0.6) is 0 Å². The van der Waals surface area contributed by atoms with Gasteiger partial charge in [0.15, 0.2) is 0 Å². The van der Waals surface area contributed by atoms with Gasteiger partial charge in [-0.3, -0.25) is 0 Å². The fourth-order valence-corrected chi connectivity index (χ4v) is 16.2. The monoisotopic (exact) mass is 1080 g/mol. The summed E-state index contributed by atoms with van der Waals surface area (Å²) in [7, 11) is 0. The minimum Gasteiger partial charge on any atom is -0.0622 e. The molecule has 3 aliphatic carbocycles. The molecule has 0 amide bonds. The van der Waals surface area contributed by atoms with E-state index in [9.17, 15) is 0 Å². The smallest absolute Gasteiger partial charge is 0.0159 e. The number of hydrogen-bond acceptors (Lipinski definition) is 0. The lowest BCUT2D eigenvalue weighted by Gasteiger charge is -2.25. The fraction of sp³-hybridized carbons (Fsp3) is 0.106. The lowest BCUT2D eigenvalue weighted by molar-refractivity contribution is 0.660. The van der Waals surface area contributed by atoms with E-state index >= 15 is 0 Å². The highest BCUT2D eigenvalue weighted by molar-refractivity contribution is 6.26. The summed E-state index contributed by atoms with van der Waals surface area (Å²) in [4.78, 5) is 0. The molecule has 3 aliphatic rings. The molecule has 0 fully saturated rings. The number of fused-ring (bicyclic) bond motifs is 13. The van der Waals surface area contributed by atoms with Gasteiger partial charge >= 0.3 is 0 Å². The van der Waals surface area contributed by atoms with Gasteiger partial charge in [0.1, 0.15) is 0 Å². The zero-order valence-electron chi connectivity index (χ0n) is 48.9. The van der Waals surface area contributed by atoms with E-state index in [1.807, 2.05) is 0 Å². The minimum atomic E-state index is -0.304. The van der Waals surface area contributed by atoms with Crippen molar-refractivity contribution in [2.45, 2.75) is 57.8 Å². The van der Waals surface area contributed by atoms with E-state index in [0.29, 0.717) is 0 Å². The van der Waals surface area contributed by atoms with Crippen molar-refractivity contribution in [3.05, 3.63) is 300 Å². The van der Waals surface area contributed by atoms with Crippen LogP contribution in [0.25, 0.3) is 143 Å². The standard InChI is InChI=1S/C85H62/c1-83(2)71-37-19-17-27-59(71)61-45-41-55(49-73(61)83)79-67-31-15-13-29-65(67)77(69-35-21-33-57(81(69)79)51-23-9-7-10-24-51)53-39-43-63-64-44-40-54(48-76(64)85(5,6)75(63)47-53)78-66-30-14-16-32-68(66)80(82-58(34-22-36-70(78)82)52-25-11-8-12-26-52)56-42-46-62-60-28-18-20-38-72(60)84(3,4)74(62)50-56/h7-50H,1-6H3. The molecule has 0 N–H and O–H groups in total. The summed E-state index contributed by atoms with van der Waals surface area (Å²) >= 11 is 0. The highest BCUT2D eigenvalue weighted by atomic mass is 14.4. The molecule has 0 spiro atoms. The Morgan fingerprint density at radius 2 is 0.435 bits per heavy atom. The molecule has 0 nitrogen and oxygen atoms in total. The maximum absolute atomic E-state index is 2.54. The molecule has 0 unspecified atom stereocenters. The Morgan fingerprint density at radius 1 is 0.176 bits per heavy atom. The number of hydrogen-bond donors (Lipinski definition) is 0. The summed E-state index contributed by atoms with van der Waals surface area (Å²) < 4.78 is 0. The largest absolute Gasteiger partial charge is 0.0622 e. The first-order chi connectivity index (χ1) is 41.5. The predicted molar refractivity (Wildman–Crippen MR) is 362 cm³/mol. The molecule has 0 radical (unpaired) electrons. The lowest BCUT2D eigenvalue weighted by atomic mass is 9.78. The highest BCUT2D eigenvalue weighted by Gasteiger charge is 2.39. The maximum atomic E-state index is 2.54. The van der Waals surface area contributed by atoms with E-state index < -0.39 is 0 Å². The van der Waals surface area contributed by atoms with Gasteiger partial charge in [0, 0.05) is 16.2 Å². The molecule has 0 atom stereocenters. The second-order valence-electron chi connectivity index (χ2n) is 25.8. The Morgan fingerprint density at radius 3 is 0.800 bits per heavy atom. The Hall–Kier alpha value is -9.88. The normalized spacial score (nSPS) is 14.5. The molecule has 17 rings (SSSR count). The summed E-state index contributed by atoms with van der Waals surface area (Å²) in [5, 5.41) is 10.2. The third-order valence-corrected chi connectivity index (χ3v) is 20.3. The van der Waals surface area contributed by atoms with Gasteiger partial charge < -0.3 is 0 Å². The third kappa shape index (κ3) is 7.03. The summed E-state index contributed by atoms with van der Waals surface area (Å²) in [6, 6.07) is 102. The van der Waals surface area contributed by atoms with E-state index in [1.165, 1.54) is 177 Å². The van der Waals surface area contributed by atoms with Crippen LogP contribution in [0.1, 0.15) is 74.9 Å². The van der Waals surface area contributed by atoms with Crippen LogP contribution in [0.15, 0.2) is 267 Å². The van der Waals surface area contributed by atoms with Crippen LogP contribution in [0.2, 0.25) is 0 Å². The molecule has 402 valence electrons. The molecule has 0 heteroatoms. The number of rotatable bonds is 6. The zero-order valence-corrected chi connectivity index (χ0v) is 48.9. The molecular weight excluding hydrogens is 1020 g/mol. The first-order valence-corrected chi connectivity index (χ1v) is 30.3. The quantitative estimate of drug-likeness (QED) is 0.146. The van der Waals surface area contributed by atoms with Gasteiger partial charge in [-0.1, -0.05) is 284 Å². The van der Waals surface area contributed by atoms with Crippen LogP contribution < -0.4 is 0 Å². The van der Waals surface area contributed by atoms with Crippen molar-refractivity contribution >= 4 is 43.1 Å². The molecule has 14 aromatic carbocycles. The summed E-state index contributed by atoms with van der Waals surface area (Å²) in [6.07, 6.45) is 0. The van der Waals surface area contributed by atoms with Crippen molar-refractivity contribution in [2.24, 2.45) is 0 Å². The summed E-state index contributed by atoms with van der Waals surface area (Å²) in [6.45, 7) is 14.5. The third-order valence-electron chi connectivity index (χ3n) is 20.3. The summed E-state index contributed by atoms with van der Waals surface area (Å²) in [5.74, 6) is 0. The van der Waals surface area contributed by atoms with Crippen molar-refractivity contribution in [3.8, 4) is 100 Å². The molecule has 0 saturated carbocycles. The van der Waals surface area contributed by atoms with E-state index in [2.05, 4.69) is 308 Å². The van der Waals surface area contributed by atoms with Gasteiger partial charge in [0.25, 0.3) is 0 Å². The predicted octanol–water partition coefficient (Wildman–Crippen LogP) is 23.2. The van der Waals surface area contributed by atoms with Crippen molar-refractivity contribution in [3.63, 3.8) is 0 Å². The second kappa shape index (κ2) is 18.1. The van der Waals surface area contributed by atoms with Gasteiger partial charge in [0.05, 0.1) is 0 Å². The van der Waals surface area contributed by atoms with E-state index in [4.69, 9.17) is 0 Å². The van der Waals surface area contributed by atoms with Crippen LogP contribution in [0.3, 0.4) is 0 Å². The zero-order chi connectivity index (χ0) is 57.1. The van der Waals surface area contributed by atoms with E-state index in [0.717, 1.165) is 0 Å². The van der Waals surface area contributed by atoms with Crippen LogP contribution >= 0.6 is 0 Å². The fourth-order valence-electron chi connectivity index (χ4n) is 16.2. The van der Waals surface area contributed by atoms with Crippen LogP contribution in [-0.4, -0.2) is 0 Å². The maximum Gasteiger partial charge on any atom is 0.0159 e. The van der Waals surface area contributed by atoms with Gasteiger partial charge in [-0.2, -0.15) is 0 Å². The molecule has 0 bridgehead atoms. The Balaban J connectivity index is 0.848. The van der Waals surface area contributed by atoms with E-state index in [-0.39, 0.29) is 16.2 Å². The minimum absolute atomic E-state index is 0.127. The molecule has 0 saturated heterocycles. The van der Waals surface area contributed by atoms with Crippen molar-refractivity contribution in [1.29, 1.82) is 0 Å². The lowest BCUT2D eigenvalue weighted by Crippen LogP contribution is -2.15. The highest BCUT2D eigenvalue weighted by Crippen LogP contribution is 2.57. The molecule has 0 aliphatic heterocycles. The summed E-state index contributed by atoms with van der Waals surface area (Å²) in [5.41, 5.74) is 30.7. The molecule has 0 aromatic heterocycles. The van der Waals surface area contributed by atoms with Gasteiger partial charge in [-0.15, -0.1) is 0 Å². The first-order valence-electron chi connectivity index (χ1n) is 30.3. The second-order valence-corrected chi connectivity index (χ2v) is 25.8. The average Bonchev–Trinajstić information content (AvgIpc) is 2.02. The van der Waals surface area contributed by atoms with Gasteiger partial charge in [-0.05, 0) is 201 Å². The van der Waals surface area contributed by atoms with Crippen LogP contribution in [-0.2, 0) is 16.2 Å². The SMILES string of the molecule is CC1(C)c2cc(-c3c4ccccc4c(-c4ccc5c(c4)C(C)(C)c4ccccc4-5)c4c(-c5ccccc5)cccc34)ccc2-c2ccc(-c3c4ccccc4c(-c4ccc5c(c4)C(C)(C)c4ccccc4-5)c4c(-c5ccccc5)cccc34)cc21. The van der Waals surface area contributed by atoms with Gasteiger partial charge in [0.2, 0.25) is 0 Å². The Kier molecular flexibility index (Phi) is 10.6. The topological polar surface area (TPSA) is 0 Å². The van der Waals surface area contributed by atoms with Crippen molar-refractivity contribution < 1.29 is 0 Å². The molecule has 85 heavy (non-hydrogen) atoms. The number of benzene rings is 14. The Labute approximate surface area is 498 Å². The molecule has 14 aromatic rings.